The van der Waals surface area contributed by atoms with Gasteiger partial charge in [-0.15, -0.1) is 0 Å². The summed E-state index contributed by atoms with van der Waals surface area (Å²) in [5.41, 5.74) is 4.11. The molecule has 4 rings (SSSR count). The Morgan fingerprint density at radius 2 is 1.69 bits per heavy atom. The lowest BCUT2D eigenvalue weighted by atomic mass is 10.1. The van der Waals surface area contributed by atoms with Crippen LogP contribution >= 0.6 is 0 Å². The van der Waals surface area contributed by atoms with Crippen LogP contribution in [0.1, 0.15) is 11.1 Å². The molecule has 0 aliphatic rings. The first-order chi connectivity index (χ1) is 14.3. The van der Waals surface area contributed by atoms with Crippen molar-refractivity contribution in [2.24, 2.45) is 0 Å². The number of nitrogens with one attached hydrogen (secondary N) is 3. The van der Waals surface area contributed by atoms with Crippen LogP contribution in [-0.2, 0) is 13.0 Å². The molecule has 1 aromatic heterocycles. The van der Waals surface area contributed by atoms with Gasteiger partial charge in [0.15, 0.2) is 0 Å². The molecule has 0 unspecified atom stereocenters. The maximum atomic E-state index is 12.0. The van der Waals surface area contributed by atoms with Crippen molar-refractivity contribution in [3.63, 3.8) is 0 Å². The molecule has 3 aromatic carbocycles. The SMILES string of the molecule is O=C(NCCc1c[nH]c2cc(OCc3ccccc3)ccc12)Nc1ccccc1. The van der Waals surface area contributed by atoms with E-state index in [1.165, 1.54) is 0 Å². The Morgan fingerprint density at radius 3 is 2.48 bits per heavy atom. The Labute approximate surface area is 169 Å². The van der Waals surface area contributed by atoms with E-state index in [4.69, 9.17) is 4.74 Å². The third-order valence-corrected chi connectivity index (χ3v) is 4.70. The van der Waals surface area contributed by atoms with E-state index in [1.54, 1.807) is 0 Å². The van der Waals surface area contributed by atoms with Gasteiger partial charge in [-0.3, -0.25) is 0 Å². The van der Waals surface area contributed by atoms with Crippen LogP contribution in [0.4, 0.5) is 10.5 Å². The van der Waals surface area contributed by atoms with Gasteiger partial charge in [-0.2, -0.15) is 0 Å². The number of carbonyl (C=O) groups excluding carboxylic acids is 1. The zero-order chi connectivity index (χ0) is 19.9. The number of urea groups is 1. The molecule has 146 valence electrons. The van der Waals surface area contributed by atoms with Crippen LogP contribution in [0.3, 0.4) is 0 Å². The van der Waals surface area contributed by atoms with Gasteiger partial charge in [0.05, 0.1) is 0 Å². The van der Waals surface area contributed by atoms with Gasteiger partial charge in [0.1, 0.15) is 12.4 Å². The van der Waals surface area contributed by atoms with Gasteiger partial charge < -0.3 is 20.4 Å². The van der Waals surface area contributed by atoms with Crippen molar-refractivity contribution in [1.29, 1.82) is 0 Å². The molecule has 0 bridgehead atoms. The number of aromatic nitrogens is 1. The Balaban J connectivity index is 1.31. The lowest BCUT2D eigenvalue weighted by Gasteiger charge is -2.08. The second-order valence-electron chi connectivity index (χ2n) is 6.79. The van der Waals surface area contributed by atoms with Gasteiger partial charge in [-0.25, -0.2) is 4.79 Å². The van der Waals surface area contributed by atoms with E-state index < -0.39 is 0 Å². The minimum atomic E-state index is -0.201. The van der Waals surface area contributed by atoms with Crippen molar-refractivity contribution in [2.45, 2.75) is 13.0 Å². The van der Waals surface area contributed by atoms with Gasteiger partial charge in [-0.1, -0.05) is 48.5 Å². The molecule has 0 aliphatic heterocycles. The van der Waals surface area contributed by atoms with Gasteiger partial charge in [-0.05, 0) is 41.8 Å². The zero-order valence-electron chi connectivity index (χ0n) is 16.0. The van der Waals surface area contributed by atoms with Crippen LogP contribution in [0.25, 0.3) is 10.9 Å². The molecule has 5 heteroatoms. The standard InChI is InChI=1S/C24H23N3O2/c28-24(27-20-9-5-2-6-10-20)25-14-13-19-16-26-23-15-21(11-12-22(19)23)29-17-18-7-3-1-4-8-18/h1-12,15-16,26H,13-14,17H2,(H2,25,27,28). The average Bonchev–Trinajstić information content (AvgIpc) is 3.16. The molecule has 0 radical (unpaired) electrons. The minimum absolute atomic E-state index is 0.201. The number of aromatic amines is 1. The van der Waals surface area contributed by atoms with Crippen molar-refractivity contribution in [3.05, 3.63) is 96.2 Å². The molecular weight excluding hydrogens is 362 g/mol. The molecule has 29 heavy (non-hydrogen) atoms. The van der Waals surface area contributed by atoms with Crippen molar-refractivity contribution in [3.8, 4) is 5.75 Å². The van der Waals surface area contributed by atoms with Crippen LogP contribution in [0, 0.1) is 0 Å². The Kier molecular flexibility index (Phi) is 5.76. The second-order valence-corrected chi connectivity index (χ2v) is 6.79. The topological polar surface area (TPSA) is 66.2 Å². The Bertz CT molecular complexity index is 1080. The fourth-order valence-corrected chi connectivity index (χ4v) is 3.21. The third-order valence-electron chi connectivity index (χ3n) is 4.70. The monoisotopic (exact) mass is 385 g/mol. The van der Waals surface area contributed by atoms with Gasteiger partial charge in [0.25, 0.3) is 0 Å². The molecule has 0 fully saturated rings. The number of fused-ring (bicyclic) bond motifs is 1. The Hall–Kier alpha value is -3.73. The van der Waals surface area contributed by atoms with Crippen LogP contribution in [0.2, 0.25) is 0 Å². The minimum Gasteiger partial charge on any atom is -0.489 e. The third kappa shape index (κ3) is 4.96. The molecule has 3 N–H and O–H groups in total. The maximum absolute atomic E-state index is 12.0. The fourth-order valence-electron chi connectivity index (χ4n) is 3.21. The number of ether oxygens (including phenoxy) is 1. The molecule has 5 nitrogen and oxygen atoms in total. The number of rotatable bonds is 7. The van der Waals surface area contributed by atoms with Crippen molar-refractivity contribution < 1.29 is 9.53 Å². The van der Waals surface area contributed by atoms with Gasteiger partial charge in [0, 0.05) is 35.4 Å². The van der Waals surface area contributed by atoms with E-state index in [2.05, 4.69) is 21.7 Å². The maximum Gasteiger partial charge on any atom is 0.319 e. The summed E-state index contributed by atoms with van der Waals surface area (Å²) in [6.07, 6.45) is 2.73. The van der Waals surface area contributed by atoms with E-state index in [-0.39, 0.29) is 6.03 Å². The van der Waals surface area contributed by atoms with Gasteiger partial charge in [0.2, 0.25) is 0 Å². The number of hydrogen-bond donors (Lipinski definition) is 3. The smallest absolute Gasteiger partial charge is 0.319 e. The average molecular weight is 385 g/mol. The van der Waals surface area contributed by atoms with Crippen LogP contribution in [0.15, 0.2) is 85.1 Å². The molecule has 4 aromatic rings. The van der Waals surface area contributed by atoms with Crippen molar-refractivity contribution in [2.75, 3.05) is 11.9 Å². The van der Waals surface area contributed by atoms with Crippen LogP contribution < -0.4 is 15.4 Å². The van der Waals surface area contributed by atoms with E-state index in [9.17, 15) is 4.79 Å². The van der Waals surface area contributed by atoms with Crippen LogP contribution in [-0.4, -0.2) is 17.6 Å². The summed E-state index contributed by atoms with van der Waals surface area (Å²) in [4.78, 5) is 15.3. The summed E-state index contributed by atoms with van der Waals surface area (Å²) in [6.45, 7) is 1.10. The Morgan fingerprint density at radius 1 is 0.931 bits per heavy atom. The lowest BCUT2D eigenvalue weighted by Crippen LogP contribution is -2.30. The summed E-state index contributed by atoms with van der Waals surface area (Å²) in [5.74, 6) is 0.829. The first-order valence-corrected chi connectivity index (χ1v) is 9.64. The number of benzene rings is 3. The quantitative estimate of drug-likeness (QED) is 0.414. The summed E-state index contributed by atoms with van der Waals surface area (Å²) in [5, 5.41) is 6.86. The molecule has 0 saturated carbocycles. The zero-order valence-corrected chi connectivity index (χ0v) is 16.0. The second kappa shape index (κ2) is 8.97. The summed E-state index contributed by atoms with van der Waals surface area (Å²) in [6, 6.07) is 25.4. The molecule has 1 heterocycles. The van der Waals surface area contributed by atoms with Crippen molar-refractivity contribution in [1.82, 2.24) is 10.3 Å². The fraction of sp³-hybridized carbons (Fsp3) is 0.125. The number of para-hydroxylation sites is 1. The van der Waals surface area contributed by atoms with Crippen LogP contribution in [0.5, 0.6) is 5.75 Å². The van der Waals surface area contributed by atoms with E-state index in [1.807, 2.05) is 79.0 Å². The van der Waals surface area contributed by atoms with E-state index >= 15 is 0 Å². The van der Waals surface area contributed by atoms with Gasteiger partial charge >= 0.3 is 6.03 Å². The van der Waals surface area contributed by atoms with E-state index in [0.29, 0.717) is 13.2 Å². The number of anilines is 1. The summed E-state index contributed by atoms with van der Waals surface area (Å²) < 4.78 is 5.89. The number of hydrogen-bond acceptors (Lipinski definition) is 2. The normalized spacial score (nSPS) is 10.6. The molecule has 0 spiro atoms. The number of H-pyrrole nitrogens is 1. The first-order valence-electron chi connectivity index (χ1n) is 9.64. The summed E-state index contributed by atoms with van der Waals surface area (Å²) >= 11 is 0. The molecule has 0 saturated heterocycles. The van der Waals surface area contributed by atoms with Crippen molar-refractivity contribution >= 4 is 22.6 Å². The predicted molar refractivity (Wildman–Crippen MR) is 116 cm³/mol. The highest BCUT2D eigenvalue weighted by atomic mass is 16.5. The highest BCUT2D eigenvalue weighted by Crippen LogP contribution is 2.24. The number of amides is 2. The first kappa shape index (κ1) is 18.6. The molecule has 0 atom stereocenters. The lowest BCUT2D eigenvalue weighted by molar-refractivity contribution is 0.252. The highest BCUT2D eigenvalue weighted by Gasteiger charge is 2.07. The largest absolute Gasteiger partial charge is 0.489 e. The number of carbonyl (C=O) groups is 1. The highest BCUT2D eigenvalue weighted by molar-refractivity contribution is 5.89. The van der Waals surface area contributed by atoms with E-state index in [0.717, 1.165) is 39.9 Å². The molecular formula is C24H23N3O2. The summed E-state index contributed by atoms with van der Waals surface area (Å²) in [7, 11) is 0. The molecule has 0 aliphatic carbocycles. The predicted octanol–water partition coefficient (Wildman–Crippen LogP) is 5.11. The molecule has 2 amide bonds.